The summed E-state index contributed by atoms with van der Waals surface area (Å²) in [5.41, 5.74) is 0.378. The molecule has 12 heteroatoms. The molecule has 2 heterocycles. The second kappa shape index (κ2) is 10.1. The number of hydrogen-bond donors (Lipinski definition) is 1. The molecule has 2 aromatic carbocycles. The summed E-state index contributed by atoms with van der Waals surface area (Å²) in [6.07, 6.45) is -4.62. The Bertz CT molecular complexity index is 1380. The smallest absolute Gasteiger partial charge is 0.396 e. The van der Waals surface area contributed by atoms with E-state index in [4.69, 9.17) is 37.8 Å². The Balaban J connectivity index is 1.62. The number of benzene rings is 2. The number of fused-ring (bicyclic) bond motifs is 1. The van der Waals surface area contributed by atoms with E-state index in [1.165, 1.54) is 67.4 Å². The second-order valence-electron chi connectivity index (χ2n) is 8.35. The van der Waals surface area contributed by atoms with Gasteiger partial charge in [-0.2, -0.15) is 13.2 Å². The average Bonchev–Trinajstić information content (AvgIpc) is 2.80. The molecule has 0 saturated heterocycles. The number of aromatic carboxylic acids is 1. The summed E-state index contributed by atoms with van der Waals surface area (Å²) in [4.78, 5) is 28.1. The first-order valence-electron chi connectivity index (χ1n) is 10.8. The van der Waals surface area contributed by atoms with E-state index in [2.05, 4.69) is 4.98 Å². The number of rotatable bonds is 6. The fourth-order valence-corrected chi connectivity index (χ4v) is 4.69. The summed E-state index contributed by atoms with van der Waals surface area (Å²) in [5.74, 6) is -4.22. The van der Waals surface area contributed by atoms with E-state index in [0.717, 1.165) is 0 Å². The summed E-state index contributed by atoms with van der Waals surface area (Å²) in [6, 6.07) is 10.8. The van der Waals surface area contributed by atoms with Gasteiger partial charge in [0.2, 0.25) is 5.88 Å². The van der Waals surface area contributed by atoms with Crippen LogP contribution in [-0.2, 0) is 4.79 Å². The molecule has 37 heavy (non-hydrogen) atoms. The number of anilines is 1. The molecule has 0 bridgehead atoms. The number of nitrogens with zero attached hydrogens (tertiary/aromatic N) is 2. The second-order valence-corrected chi connectivity index (χ2v) is 9.12. The Morgan fingerprint density at radius 2 is 1.89 bits per heavy atom. The van der Waals surface area contributed by atoms with Gasteiger partial charge in [-0.25, -0.2) is 9.78 Å². The molecule has 0 aliphatic carbocycles. The molecule has 4 rings (SSSR count). The zero-order chi connectivity index (χ0) is 27.1. The lowest BCUT2D eigenvalue weighted by Crippen LogP contribution is -2.35. The molecule has 7 nitrogen and oxygen atoms in total. The number of alkyl halides is 3. The zero-order valence-electron chi connectivity index (χ0n) is 19.3. The third kappa shape index (κ3) is 5.45. The lowest BCUT2D eigenvalue weighted by atomic mass is 9.82. The lowest BCUT2D eigenvalue weighted by Gasteiger charge is -2.30. The Labute approximate surface area is 219 Å². The van der Waals surface area contributed by atoms with Gasteiger partial charge in [0.15, 0.2) is 6.61 Å². The van der Waals surface area contributed by atoms with Gasteiger partial charge in [0.05, 0.1) is 17.2 Å². The number of carbonyl (C=O) groups excluding carboxylic acids is 1. The van der Waals surface area contributed by atoms with E-state index in [-0.39, 0.29) is 56.8 Å². The van der Waals surface area contributed by atoms with Crippen LogP contribution < -0.4 is 14.4 Å². The number of carbonyl (C=O) groups is 2. The predicted octanol–water partition coefficient (Wildman–Crippen LogP) is 6.68. The molecule has 0 saturated carbocycles. The van der Waals surface area contributed by atoms with Crippen LogP contribution in [0.1, 0.15) is 40.2 Å². The Morgan fingerprint density at radius 3 is 2.51 bits per heavy atom. The van der Waals surface area contributed by atoms with Gasteiger partial charge in [0.25, 0.3) is 5.91 Å². The van der Waals surface area contributed by atoms with Crippen molar-refractivity contribution < 1.29 is 37.3 Å². The molecule has 1 N–H and O–H groups in total. The van der Waals surface area contributed by atoms with Crippen LogP contribution in [-0.4, -0.2) is 41.8 Å². The Morgan fingerprint density at radius 1 is 1.16 bits per heavy atom. The Hall–Kier alpha value is -3.50. The summed E-state index contributed by atoms with van der Waals surface area (Å²) < 4.78 is 53.8. The maximum atomic E-state index is 14.3. The van der Waals surface area contributed by atoms with Gasteiger partial charge in [0, 0.05) is 18.1 Å². The highest BCUT2D eigenvalue weighted by atomic mass is 35.5. The van der Waals surface area contributed by atoms with Gasteiger partial charge in [-0.1, -0.05) is 42.3 Å². The van der Waals surface area contributed by atoms with E-state index >= 15 is 0 Å². The topological polar surface area (TPSA) is 89.0 Å². The van der Waals surface area contributed by atoms with E-state index in [9.17, 15) is 22.8 Å². The van der Waals surface area contributed by atoms with Crippen LogP contribution in [0.5, 0.6) is 17.4 Å². The number of likely N-dealkylation sites (N-methyl/N-ethyl adjacent to an activating group) is 1. The molecule has 2 atom stereocenters. The van der Waals surface area contributed by atoms with Crippen LogP contribution in [0.4, 0.5) is 18.9 Å². The van der Waals surface area contributed by atoms with Gasteiger partial charge >= 0.3 is 12.1 Å². The van der Waals surface area contributed by atoms with Gasteiger partial charge in [-0.3, -0.25) is 4.79 Å². The van der Waals surface area contributed by atoms with Crippen LogP contribution in [0.3, 0.4) is 0 Å². The van der Waals surface area contributed by atoms with Gasteiger partial charge in [-0.15, -0.1) is 0 Å². The molecule has 1 amide bonds. The van der Waals surface area contributed by atoms with Gasteiger partial charge in [0.1, 0.15) is 16.7 Å². The zero-order valence-corrected chi connectivity index (χ0v) is 20.9. The van der Waals surface area contributed by atoms with Crippen molar-refractivity contribution in [3.05, 3.63) is 75.4 Å². The molecule has 1 aliphatic rings. The molecule has 1 aliphatic heterocycles. The van der Waals surface area contributed by atoms with Crippen molar-refractivity contribution in [2.75, 3.05) is 18.6 Å². The number of pyridine rings is 1. The highest BCUT2D eigenvalue weighted by molar-refractivity contribution is 6.32. The number of ether oxygens (including phenoxy) is 2. The maximum Gasteiger partial charge on any atom is 0.396 e. The molecule has 194 valence electrons. The minimum Gasteiger partial charge on any atom is -0.482 e. The largest absolute Gasteiger partial charge is 0.482 e. The van der Waals surface area contributed by atoms with Crippen LogP contribution in [0.2, 0.25) is 10.2 Å². The van der Waals surface area contributed by atoms with Crippen molar-refractivity contribution in [2.45, 2.75) is 24.9 Å². The number of aromatic nitrogens is 1. The fraction of sp³-hybridized carbons (Fsp3) is 0.240. The van der Waals surface area contributed by atoms with Crippen molar-refractivity contribution in [2.24, 2.45) is 0 Å². The molecular weight excluding hydrogens is 536 g/mol. The minimum absolute atomic E-state index is 0.0162. The third-order valence-electron chi connectivity index (χ3n) is 6.02. The number of carboxylic acids is 1. The number of amides is 1. The van der Waals surface area contributed by atoms with E-state index in [1.807, 2.05) is 0 Å². The maximum absolute atomic E-state index is 14.3. The molecule has 0 spiro atoms. The average molecular weight is 555 g/mol. The molecule has 1 aromatic heterocycles. The summed E-state index contributed by atoms with van der Waals surface area (Å²) in [7, 11) is 1.53. The summed E-state index contributed by atoms with van der Waals surface area (Å²) >= 11 is 12.2. The fourth-order valence-electron chi connectivity index (χ4n) is 4.12. The molecule has 0 fully saturated rings. The minimum atomic E-state index is -4.62. The first-order chi connectivity index (χ1) is 17.4. The van der Waals surface area contributed by atoms with Crippen molar-refractivity contribution in [1.82, 2.24) is 4.98 Å². The van der Waals surface area contributed by atoms with E-state index in [1.54, 1.807) is 0 Å². The van der Waals surface area contributed by atoms with Gasteiger partial charge < -0.3 is 19.5 Å². The van der Waals surface area contributed by atoms with Crippen LogP contribution in [0.25, 0.3) is 0 Å². The SMILES string of the molecule is CC(c1ccc(Oc2ccc(C(=O)O)c(Cl)n2)cc1Cl)[C@@H](c1ccc2c(c1)OCC(=O)N2C)C(F)(F)F. The van der Waals surface area contributed by atoms with E-state index in [0.29, 0.717) is 5.69 Å². The molecular formula is C25H19Cl2F3N2O5. The quantitative estimate of drug-likeness (QED) is 0.342. The highest BCUT2D eigenvalue weighted by Gasteiger charge is 2.45. The normalized spacial score (nSPS) is 15.0. The number of carboxylic acid groups (broad SMARTS) is 1. The monoisotopic (exact) mass is 554 g/mol. The third-order valence-corrected chi connectivity index (χ3v) is 6.64. The Kier molecular flexibility index (Phi) is 7.25. The van der Waals surface area contributed by atoms with Crippen molar-refractivity contribution in [3.8, 4) is 17.4 Å². The highest BCUT2D eigenvalue weighted by Crippen LogP contribution is 2.48. The van der Waals surface area contributed by atoms with Crippen molar-refractivity contribution in [1.29, 1.82) is 0 Å². The summed E-state index contributed by atoms with van der Waals surface area (Å²) in [5, 5.41) is 8.80. The van der Waals surface area contributed by atoms with Crippen molar-refractivity contribution in [3.63, 3.8) is 0 Å². The van der Waals surface area contributed by atoms with Gasteiger partial charge in [-0.05, 0) is 47.4 Å². The standard InChI is InChI=1S/C25H19Cl2F3N2O5/c1-12(22(25(28,29)30)13-3-7-18-19(9-13)36-11-21(33)32(18)2)15-5-4-14(10-17(15)26)37-20-8-6-16(24(34)35)23(27)31-20/h3-10,12,22H,11H2,1-2H3,(H,34,35)/t12?,22-/m0/s1. The molecule has 0 radical (unpaired) electrons. The lowest BCUT2D eigenvalue weighted by molar-refractivity contribution is -0.154. The molecule has 3 aromatic rings. The first-order valence-corrected chi connectivity index (χ1v) is 11.6. The van der Waals surface area contributed by atoms with E-state index < -0.39 is 24.0 Å². The van der Waals surface area contributed by atoms with Crippen LogP contribution >= 0.6 is 23.2 Å². The number of halogens is 5. The predicted molar refractivity (Wildman–Crippen MR) is 130 cm³/mol. The van der Waals surface area contributed by atoms with Crippen LogP contribution in [0.15, 0.2) is 48.5 Å². The van der Waals surface area contributed by atoms with Crippen LogP contribution in [0, 0.1) is 0 Å². The molecule has 1 unspecified atom stereocenters. The number of hydrogen-bond acceptors (Lipinski definition) is 5. The summed E-state index contributed by atoms with van der Waals surface area (Å²) in [6.45, 7) is 1.16. The first kappa shape index (κ1) is 26.6. The van der Waals surface area contributed by atoms with Crippen molar-refractivity contribution >= 4 is 40.8 Å².